The number of amidine groups is 1. The van der Waals surface area contributed by atoms with E-state index < -0.39 is 11.4 Å². The Labute approximate surface area is 165 Å². The molecule has 1 unspecified atom stereocenters. The average molecular weight is 387 g/mol. The molecule has 3 aliphatic carbocycles. The number of urea groups is 1. The molecule has 6 rings (SSSR count). The van der Waals surface area contributed by atoms with Crippen molar-refractivity contribution in [3.8, 4) is 0 Å². The SMILES string of the molecule is CCCN1C(=O)N2CCCNC2=C2NC(C34CCC(C(=O)O)(CC3)CC4)=NC21. The molecule has 6 aliphatic rings. The molecule has 0 aromatic carbocycles. The van der Waals surface area contributed by atoms with Crippen LogP contribution in [0.1, 0.15) is 58.3 Å². The molecule has 1 saturated heterocycles. The molecule has 3 saturated carbocycles. The first-order valence-corrected chi connectivity index (χ1v) is 10.6. The zero-order valence-corrected chi connectivity index (χ0v) is 16.5. The minimum atomic E-state index is -0.637. The first-order valence-electron chi connectivity index (χ1n) is 10.6. The predicted molar refractivity (Wildman–Crippen MR) is 103 cm³/mol. The van der Waals surface area contributed by atoms with Gasteiger partial charge in [-0.3, -0.25) is 14.6 Å². The maximum Gasteiger partial charge on any atom is 0.327 e. The Morgan fingerprint density at radius 3 is 2.61 bits per heavy atom. The van der Waals surface area contributed by atoms with Crippen LogP contribution in [0.4, 0.5) is 4.79 Å². The Morgan fingerprint density at radius 1 is 1.25 bits per heavy atom. The molecular formula is C20H29N5O3. The number of nitrogens with zero attached hydrogens (tertiary/aromatic N) is 3. The van der Waals surface area contributed by atoms with Crippen LogP contribution in [0.25, 0.3) is 0 Å². The Bertz CT molecular complexity index is 764. The summed E-state index contributed by atoms with van der Waals surface area (Å²) in [5, 5.41) is 16.7. The predicted octanol–water partition coefficient (Wildman–Crippen LogP) is 2.05. The first kappa shape index (κ1) is 17.8. The third kappa shape index (κ3) is 2.32. The maximum atomic E-state index is 13.1. The lowest BCUT2D eigenvalue weighted by Gasteiger charge is -2.51. The molecule has 1 atom stereocenters. The number of amides is 2. The molecule has 3 heterocycles. The smallest absolute Gasteiger partial charge is 0.327 e. The second-order valence-electron chi connectivity index (χ2n) is 9.01. The van der Waals surface area contributed by atoms with Crippen molar-refractivity contribution in [3.63, 3.8) is 0 Å². The summed E-state index contributed by atoms with van der Waals surface area (Å²) in [4.78, 5) is 33.6. The van der Waals surface area contributed by atoms with Crippen LogP contribution in [0.3, 0.4) is 0 Å². The molecule has 0 aromatic rings. The summed E-state index contributed by atoms with van der Waals surface area (Å²) < 4.78 is 0. The van der Waals surface area contributed by atoms with Gasteiger partial charge in [-0.15, -0.1) is 0 Å². The summed E-state index contributed by atoms with van der Waals surface area (Å²) in [5.74, 6) is 1.22. The van der Waals surface area contributed by atoms with Gasteiger partial charge in [0, 0.05) is 25.0 Å². The average Bonchev–Trinajstić information content (AvgIpc) is 3.19. The van der Waals surface area contributed by atoms with Crippen LogP contribution < -0.4 is 10.6 Å². The lowest BCUT2D eigenvalue weighted by Crippen LogP contribution is -2.58. The Hall–Kier alpha value is -2.25. The molecule has 0 spiro atoms. The standard InChI is InChI=1S/C20H29N5O3/c1-2-11-24-15-13(14-21-10-3-12-25(14)18(24)28)22-16(23-15)19-4-7-20(8-5-19,9-6-19)17(26)27/h15,21H,2-12H2,1H3,(H,22,23)(H,26,27). The van der Waals surface area contributed by atoms with E-state index in [1.165, 1.54) is 0 Å². The number of hydrogen-bond acceptors (Lipinski definition) is 5. The van der Waals surface area contributed by atoms with E-state index in [0.29, 0.717) is 6.54 Å². The lowest BCUT2D eigenvalue weighted by molar-refractivity contribution is -0.156. The van der Waals surface area contributed by atoms with Gasteiger partial charge in [0.2, 0.25) is 0 Å². The normalized spacial score (nSPS) is 36.5. The van der Waals surface area contributed by atoms with E-state index in [1.54, 1.807) is 0 Å². The first-order chi connectivity index (χ1) is 13.5. The van der Waals surface area contributed by atoms with Gasteiger partial charge in [0.15, 0.2) is 6.17 Å². The van der Waals surface area contributed by atoms with Gasteiger partial charge in [0.25, 0.3) is 0 Å². The van der Waals surface area contributed by atoms with Crippen molar-refractivity contribution in [2.24, 2.45) is 15.8 Å². The van der Waals surface area contributed by atoms with Crippen LogP contribution in [0.2, 0.25) is 0 Å². The minimum absolute atomic E-state index is 0.0410. The van der Waals surface area contributed by atoms with E-state index in [1.807, 2.05) is 9.80 Å². The summed E-state index contributed by atoms with van der Waals surface area (Å²) in [7, 11) is 0. The summed E-state index contributed by atoms with van der Waals surface area (Å²) in [6, 6.07) is 0.0410. The lowest BCUT2D eigenvalue weighted by atomic mass is 9.53. The van der Waals surface area contributed by atoms with Gasteiger partial charge < -0.3 is 15.7 Å². The third-order valence-corrected chi connectivity index (χ3v) is 7.58. The van der Waals surface area contributed by atoms with E-state index in [9.17, 15) is 14.7 Å². The van der Waals surface area contributed by atoms with E-state index in [4.69, 9.17) is 4.99 Å². The van der Waals surface area contributed by atoms with Gasteiger partial charge in [-0.1, -0.05) is 6.92 Å². The topological polar surface area (TPSA) is 97.3 Å². The van der Waals surface area contributed by atoms with Crippen molar-refractivity contribution in [1.82, 2.24) is 20.4 Å². The van der Waals surface area contributed by atoms with Crippen molar-refractivity contribution in [1.29, 1.82) is 0 Å². The van der Waals surface area contributed by atoms with Crippen LogP contribution in [-0.4, -0.2) is 58.5 Å². The molecule has 2 bridgehead atoms. The fourth-order valence-electron chi connectivity index (χ4n) is 5.75. The number of rotatable bonds is 4. The maximum absolute atomic E-state index is 13.1. The summed E-state index contributed by atoms with van der Waals surface area (Å²) in [6.07, 6.45) is 6.32. The second kappa shape index (κ2) is 6.12. The molecule has 0 radical (unpaired) electrons. The molecule has 8 heteroatoms. The van der Waals surface area contributed by atoms with Gasteiger partial charge in [-0.25, -0.2) is 9.79 Å². The highest BCUT2D eigenvalue weighted by molar-refractivity contribution is 5.94. The van der Waals surface area contributed by atoms with Crippen molar-refractivity contribution in [3.05, 3.63) is 11.5 Å². The molecular weight excluding hydrogens is 358 g/mol. The second-order valence-corrected chi connectivity index (χ2v) is 9.01. The van der Waals surface area contributed by atoms with E-state index in [0.717, 1.165) is 81.8 Å². The van der Waals surface area contributed by atoms with Gasteiger partial charge >= 0.3 is 12.0 Å². The highest BCUT2D eigenvalue weighted by Crippen LogP contribution is 2.58. The van der Waals surface area contributed by atoms with Gasteiger partial charge in [-0.05, 0) is 51.4 Å². The number of fused-ring (bicyclic) bond motifs is 5. The van der Waals surface area contributed by atoms with Crippen LogP contribution in [0.15, 0.2) is 16.5 Å². The molecule has 8 nitrogen and oxygen atoms in total. The fourth-order valence-corrected chi connectivity index (χ4v) is 5.75. The van der Waals surface area contributed by atoms with E-state index in [-0.39, 0.29) is 17.6 Å². The van der Waals surface area contributed by atoms with Gasteiger partial charge in [0.05, 0.1) is 5.41 Å². The highest BCUT2D eigenvalue weighted by Gasteiger charge is 2.56. The van der Waals surface area contributed by atoms with Gasteiger partial charge in [-0.2, -0.15) is 0 Å². The zero-order valence-electron chi connectivity index (χ0n) is 16.5. The Morgan fingerprint density at radius 2 is 1.96 bits per heavy atom. The van der Waals surface area contributed by atoms with Crippen molar-refractivity contribution in [2.75, 3.05) is 19.6 Å². The molecule has 2 amide bonds. The van der Waals surface area contributed by atoms with E-state index in [2.05, 4.69) is 17.6 Å². The molecule has 0 aromatic heterocycles. The molecule has 3 aliphatic heterocycles. The summed E-state index contributed by atoms with van der Waals surface area (Å²) in [5.41, 5.74) is 0.405. The number of carbonyl (C=O) groups excluding carboxylic acids is 1. The van der Waals surface area contributed by atoms with Crippen LogP contribution in [0.5, 0.6) is 0 Å². The Kier molecular flexibility index (Phi) is 3.90. The summed E-state index contributed by atoms with van der Waals surface area (Å²) in [6.45, 7) is 4.37. The molecule has 3 N–H and O–H groups in total. The van der Waals surface area contributed by atoms with E-state index >= 15 is 0 Å². The fraction of sp³-hybridized carbons (Fsp3) is 0.750. The van der Waals surface area contributed by atoms with Crippen molar-refractivity contribution >= 4 is 17.8 Å². The molecule has 28 heavy (non-hydrogen) atoms. The summed E-state index contributed by atoms with van der Waals surface area (Å²) >= 11 is 0. The van der Waals surface area contributed by atoms with Crippen LogP contribution >= 0.6 is 0 Å². The third-order valence-electron chi connectivity index (χ3n) is 7.58. The monoisotopic (exact) mass is 387 g/mol. The number of carbonyl (C=O) groups is 2. The number of carboxylic acids is 1. The molecule has 152 valence electrons. The number of carboxylic acid groups (broad SMARTS) is 1. The van der Waals surface area contributed by atoms with Crippen LogP contribution in [0, 0.1) is 10.8 Å². The van der Waals surface area contributed by atoms with Gasteiger partial charge in [0.1, 0.15) is 17.4 Å². The number of aliphatic carboxylic acids is 1. The molecule has 4 fully saturated rings. The Balaban J connectivity index is 1.48. The van der Waals surface area contributed by atoms with Crippen LogP contribution in [-0.2, 0) is 4.79 Å². The zero-order chi connectivity index (χ0) is 19.5. The largest absolute Gasteiger partial charge is 0.481 e. The number of aliphatic imine (C=N–C) groups is 1. The highest BCUT2D eigenvalue weighted by atomic mass is 16.4. The quantitative estimate of drug-likeness (QED) is 0.686. The number of hydrogen-bond donors (Lipinski definition) is 3. The number of nitrogens with one attached hydrogen (secondary N) is 2. The minimum Gasteiger partial charge on any atom is -0.481 e. The van der Waals surface area contributed by atoms with Crippen molar-refractivity contribution in [2.45, 2.75) is 64.5 Å². The van der Waals surface area contributed by atoms with Crippen molar-refractivity contribution < 1.29 is 14.7 Å².